The summed E-state index contributed by atoms with van der Waals surface area (Å²) in [6.45, 7) is 3.82. The Morgan fingerprint density at radius 1 is 1.42 bits per heavy atom. The maximum atomic E-state index is 11.6. The standard InChI is InChI=1S/C13H17BrN4O/c14-12-5-10(2-1-9(12)6-15)17-3-4-18-11(8-17)7-16-13(18)19/h1-2,5,11H,3-4,6-8,15H2,(H,16,19). The number of nitrogens with two attached hydrogens (primary N) is 1. The van der Waals surface area contributed by atoms with E-state index in [1.165, 1.54) is 5.69 Å². The molecule has 5 nitrogen and oxygen atoms in total. The smallest absolute Gasteiger partial charge is 0.317 e. The number of rotatable bonds is 2. The fourth-order valence-electron chi connectivity index (χ4n) is 2.74. The molecule has 0 bridgehead atoms. The van der Waals surface area contributed by atoms with Crippen LogP contribution in [0.4, 0.5) is 10.5 Å². The van der Waals surface area contributed by atoms with Crippen molar-refractivity contribution < 1.29 is 4.79 Å². The number of anilines is 1. The molecule has 2 aliphatic heterocycles. The zero-order chi connectivity index (χ0) is 13.4. The van der Waals surface area contributed by atoms with Crippen molar-refractivity contribution in [2.24, 2.45) is 5.73 Å². The largest absolute Gasteiger partial charge is 0.368 e. The van der Waals surface area contributed by atoms with E-state index in [1.807, 2.05) is 4.90 Å². The van der Waals surface area contributed by atoms with Gasteiger partial charge in [0.2, 0.25) is 0 Å². The third-order valence-electron chi connectivity index (χ3n) is 3.85. The number of hydrogen-bond acceptors (Lipinski definition) is 3. The molecule has 0 saturated carbocycles. The molecule has 1 atom stereocenters. The second-order valence-corrected chi connectivity index (χ2v) is 5.81. The van der Waals surface area contributed by atoms with Crippen molar-refractivity contribution in [2.75, 3.05) is 31.1 Å². The minimum Gasteiger partial charge on any atom is -0.368 e. The number of nitrogens with one attached hydrogen (secondary N) is 1. The van der Waals surface area contributed by atoms with Gasteiger partial charge in [-0.15, -0.1) is 0 Å². The predicted molar refractivity (Wildman–Crippen MR) is 78.1 cm³/mol. The summed E-state index contributed by atoms with van der Waals surface area (Å²) in [6.07, 6.45) is 0. The van der Waals surface area contributed by atoms with Crippen LogP contribution < -0.4 is 16.0 Å². The Morgan fingerprint density at radius 2 is 2.26 bits per heavy atom. The highest BCUT2D eigenvalue weighted by Crippen LogP contribution is 2.26. The van der Waals surface area contributed by atoms with E-state index < -0.39 is 0 Å². The van der Waals surface area contributed by atoms with Gasteiger partial charge in [0.15, 0.2) is 0 Å². The molecule has 3 N–H and O–H groups in total. The van der Waals surface area contributed by atoms with Crippen LogP contribution in [0.25, 0.3) is 0 Å². The molecule has 2 fully saturated rings. The molecule has 2 aliphatic rings. The zero-order valence-corrected chi connectivity index (χ0v) is 12.2. The van der Waals surface area contributed by atoms with Crippen LogP contribution in [0.5, 0.6) is 0 Å². The first kappa shape index (κ1) is 12.7. The van der Waals surface area contributed by atoms with Crippen molar-refractivity contribution in [2.45, 2.75) is 12.6 Å². The molecule has 6 heteroatoms. The molecule has 3 rings (SSSR count). The molecular weight excluding hydrogens is 308 g/mol. The predicted octanol–water partition coefficient (Wildman–Crippen LogP) is 1.12. The van der Waals surface area contributed by atoms with E-state index in [4.69, 9.17) is 5.73 Å². The summed E-state index contributed by atoms with van der Waals surface area (Å²) in [5.41, 5.74) is 7.96. The van der Waals surface area contributed by atoms with Crippen molar-refractivity contribution in [3.63, 3.8) is 0 Å². The van der Waals surface area contributed by atoms with Crippen LogP contribution in [0.2, 0.25) is 0 Å². The minimum absolute atomic E-state index is 0.0734. The van der Waals surface area contributed by atoms with Gasteiger partial charge < -0.3 is 20.9 Å². The fourth-order valence-corrected chi connectivity index (χ4v) is 3.27. The van der Waals surface area contributed by atoms with E-state index in [0.717, 1.165) is 36.2 Å². The Balaban J connectivity index is 1.77. The molecule has 2 amide bonds. The van der Waals surface area contributed by atoms with Crippen LogP contribution in [-0.2, 0) is 6.54 Å². The van der Waals surface area contributed by atoms with Gasteiger partial charge in [0.25, 0.3) is 0 Å². The molecule has 2 heterocycles. The van der Waals surface area contributed by atoms with Gasteiger partial charge in [0.1, 0.15) is 0 Å². The van der Waals surface area contributed by atoms with Gasteiger partial charge in [-0.25, -0.2) is 4.79 Å². The molecule has 1 aromatic rings. The minimum atomic E-state index is 0.0734. The lowest BCUT2D eigenvalue weighted by atomic mass is 10.1. The number of fused-ring (bicyclic) bond motifs is 1. The number of carbonyl (C=O) groups is 1. The SMILES string of the molecule is NCc1ccc(N2CCN3C(=O)NCC3C2)cc1Br. The molecule has 0 aliphatic carbocycles. The van der Waals surface area contributed by atoms with Gasteiger partial charge in [-0.1, -0.05) is 22.0 Å². The molecule has 1 unspecified atom stereocenters. The van der Waals surface area contributed by atoms with Crippen LogP contribution in [0, 0.1) is 0 Å². The van der Waals surface area contributed by atoms with Gasteiger partial charge >= 0.3 is 6.03 Å². The van der Waals surface area contributed by atoms with Crippen molar-refractivity contribution >= 4 is 27.6 Å². The van der Waals surface area contributed by atoms with Gasteiger partial charge in [0.05, 0.1) is 6.04 Å². The Hall–Kier alpha value is -1.27. The second-order valence-electron chi connectivity index (χ2n) is 4.96. The Morgan fingerprint density at radius 3 is 3.00 bits per heavy atom. The van der Waals surface area contributed by atoms with Gasteiger partial charge in [0, 0.05) is 42.9 Å². The molecule has 0 aromatic heterocycles. The van der Waals surface area contributed by atoms with E-state index >= 15 is 0 Å². The molecule has 2 saturated heterocycles. The van der Waals surface area contributed by atoms with Crippen molar-refractivity contribution in [3.8, 4) is 0 Å². The van der Waals surface area contributed by atoms with Crippen LogP contribution in [-0.4, -0.2) is 43.2 Å². The van der Waals surface area contributed by atoms with E-state index in [1.54, 1.807) is 0 Å². The maximum Gasteiger partial charge on any atom is 0.317 e. The summed E-state index contributed by atoms with van der Waals surface area (Å²) in [4.78, 5) is 15.8. The first-order valence-corrected chi connectivity index (χ1v) is 7.26. The zero-order valence-electron chi connectivity index (χ0n) is 10.6. The number of carbonyl (C=O) groups excluding carboxylic acids is 1. The van der Waals surface area contributed by atoms with E-state index in [-0.39, 0.29) is 12.1 Å². The summed E-state index contributed by atoms with van der Waals surface area (Å²) in [5.74, 6) is 0. The third kappa shape index (κ3) is 2.30. The Labute approximate surface area is 120 Å². The average molecular weight is 325 g/mol. The number of piperazine rings is 1. The normalized spacial score (nSPS) is 22.4. The van der Waals surface area contributed by atoms with Crippen LogP contribution in [0.15, 0.2) is 22.7 Å². The highest BCUT2D eigenvalue weighted by Gasteiger charge is 2.35. The lowest BCUT2D eigenvalue weighted by Gasteiger charge is -2.38. The van der Waals surface area contributed by atoms with Crippen LogP contribution >= 0.6 is 15.9 Å². The summed E-state index contributed by atoms with van der Waals surface area (Å²) < 4.78 is 1.05. The summed E-state index contributed by atoms with van der Waals surface area (Å²) in [5, 5.41) is 2.90. The molecule has 19 heavy (non-hydrogen) atoms. The number of urea groups is 1. The lowest BCUT2D eigenvalue weighted by Crippen LogP contribution is -2.52. The second kappa shape index (κ2) is 5.02. The monoisotopic (exact) mass is 324 g/mol. The lowest BCUT2D eigenvalue weighted by molar-refractivity contribution is 0.197. The van der Waals surface area contributed by atoms with Crippen molar-refractivity contribution in [1.29, 1.82) is 0 Å². The molecule has 102 valence electrons. The number of amides is 2. The molecule has 0 spiro atoms. The van der Waals surface area contributed by atoms with Crippen LogP contribution in [0.1, 0.15) is 5.56 Å². The summed E-state index contributed by atoms with van der Waals surface area (Å²) >= 11 is 3.56. The first-order valence-electron chi connectivity index (χ1n) is 6.47. The first-order chi connectivity index (χ1) is 9.19. The van der Waals surface area contributed by atoms with Gasteiger partial charge in [-0.2, -0.15) is 0 Å². The van der Waals surface area contributed by atoms with Crippen molar-refractivity contribution in [3.05, 3.63) is 28.2 Å². The summed E-state index contributed by atoms with van der Waals surface area (Å²) in [6, 6.07) is 6.64. The van der Waals surface area contributed by atoms with E-state index in [9.17, 15) is 4.79 Å². The van der Waals surface area contributed by atoms with Crippen molar-refractivity contribution in [1.82, 2.24) is 10.2 Å². The van der Waals surface area contributed by atoms with E-state index in [0.29, 0.717) is 6.54 Å². The highest BCUT2D eigenvalue weighted by molar-refractivity contribution is 9.10. The molecular formula is C13H17BrN4O. The molecule has 0 radical (unpaired) electrons. The van der Waals surface area contributed by atoms with Gasteiger partial charge in [-0.3, -0.25) is 0 Å². The maximum absolute atomic E-state index is 11.6. The summed E-state index contributed by atoms with van der Waals surface area (Å²) in [7, 11) is 0. The number of benzene rings is 1. The van der Waals surface area contributed by atoms with Gasteiger partial charge in [-0.05, 0) is 17.7 Å². The van der Waals surface area contributed by atoms with Crippen LogP contribution in [0.3, 0.4) is 0 Å². The van der Waals surface area contributed by atoms with E-state index in [2.05, 4.69) is 44.3 Å². The average Bonchev–Trinajstić information content (AvgIpc) is 2.80. The highest BCUT2D eigenvalue weighted by atomic mass is 79.9. The Bertz CT molecular complexity index is 507. The third-order valence-corrected chi connectivity index (χ3v) is 4.59. The number of hydrogen-bond donors (Lipinski definition) is 2. The quantitative estimate of drug-likeness (QED) is 0.857. The molecule has 1 aromatic carbocycles. The topological polar surface area (TPSA) is 61.6 Å². The Kier molecular flexibility index (Phi) is 3.36. The number of halogens is 1. The fraction of sp³-hybridized carbons (Fsp3) is 0.462. The number of nitrogens with zero attached hydrogens (tertiary/aromatic N) is 2.